The molecule has 0 saturated heterocycles. The van der Waals surface area contributed by atoms with Gasteiger partial charge in [0.15, 0.2) is 0 Å². The fourth-order valence-corrected chi connectivity index (χ4v) is 3.11. The lowest BCUT2D eigenvalue weighted by Crippen LogP contribution is -2.20. The molecule has 0 aliphatic rings. The van der Waals surface area contributed by atoms with Crippen LogP contribution in [-0.2, 0) is 0 Å². The van der Waals surface area contributed by atoms with E-state index < -0.39 is 0 Å². The highest BCUT2D eigenvalue weighted by atomic mass is 32.2. The third-order valence-corrected chi connectivity index (χ3v) is 4.44. The lowest BCUT2D eigenvalue weighted by atomic mass is 10.0. The topological polar surface area (TPSA) is 29.1 Å². The van der Waals surface area contributed by atoms with Crippen molar-refractivity contribution in [2.24, 2.45) is 0 Å². The Morgan fingerprint density at radius 3 is 2.81 bits per heavy atom. The first-order valence-electron chi connectivity index (χ1n) is 7.31. The molecule has 0 aliphatic carbocycles. The Morgan fingerprint density at radius 1 is 1.29 bits per heavy atom. The number of nitrogens with one attached hydrogen (secondary N) is 1. The largest absolute Gasteiger partial charge is 0.347 e. The van der Waals surface area contributed by atoms with Gasteiger partial charge < -0.3 is 5.32 Å². The van der Waals surface area contributed by atoms with E-state index in [1.54, 1.807) is 0 Å². The van der Waals surface area contributed by atoms with Gasteiger partial charge in [-0.15, -0.1) is 6.58 Å². The third-order valence-electron chi connectivity index (χ3n) is 3.38. The molecule has 0 aromatic heterocycles. The van der Waals surface area contributed by atoms with Gasteiger partial charge in [-0.3, -0.25) is 4.79 Å². The van der Waals surface area contributed by atoms with Crippen molar-refractivity contribution < 1.29 is 4.79 Å². The van der Waals surface area contributed by atoms with Crippen molar-refractivity contribution in [1.82, 2.24) is 5.32 Å². The van der Waals surface area contributed by atoms with Gasteiger partial charge in [-0.2, -0.15) is 0 Å². The second kappa shape index (κ2) is 7.89. The predicted octanol–water partition coefficient (Wildman–Crippen LogP) is 5.31. The van der Waals surface area contributed by atoms with Crippen molar-refractivity contribution in [3.8, 4) is 0 Å². The van der Waals surface area contributed by atoms with E-state index in [-0.39, 0.29) is 10.5 Å². The van der Waals surface area contributed by atoms with Gasteiger partial charge in [0.05, 0.1) is 5.25 Å². The normalized spacial score (nSPS) is 12.0. The van der Waals surface area contributed by atoms with Gasteiger partial charge in [0, 0.05) is 6.54 Å². The second-order valence-corrected chi connectivity index (χ2v) is 6.02. The predicted molar refractivity (Wildman–Crippen MR) is 92.8 cm³/mol. The minimum absolute atomic E-state index is 0.0151. The molecule has 1 atom stereocenters. The zero-order chi connectivity index (χ0) is 15.1. The Morgan fingerprint density at radius 2 is 2.05 bits per heavy atom. The molecule has 0 fully saturated rings. The van der Waals surface area contributed by atoms with Crippen LogP contribution in [-0.4, -0.2) is 11.8 Å². The zero-order valence-electron chi connectivity index (χ0n) is 12.3. The highest BCUT2D eigenvalue weighted by Crippen LogP contribution is 2.34. The Bertz CT molecular complexity index is 618. The smallest absolute Gasteiger partial charge is 0.279 e. The molecule has 0 unspecified atom stereocenters. The van der Waals surface area contributed by atoms with E-state index in [0.717, 1.165) is 24.9 Å². The lowest BCUT2D eigenvalue weighted by molar-refractivity contribution is 0.260. The van der Waals surface area contributed by atoms with Crippen LogP contribution in [0.15, 0.2) is 55.1 Å². The van der Waals surface area contributed by atoms with Gasteiger partial charge >= 0.3 is 0 Å². The van der Waals surface area contributed by atoms with Crippen LogP contribution >= 0.6 is 11.8 Å². The van der Waals surface area contributed by atoms with Crippen molar-refractivity contribution in [2.75, 3.05) is 6.54 Å². The number of rotatable bonds is 6. The first-order chi connectivity index (χ1) is 10.3. The number of carbonyl (C=O) groups is 1. The van der Waals surface area contributed by atoms with Crippen LogP contribution in [0.25, 0.3) is 10.8 Å². The quantitative estimate of drug-likeness (QED) is 0.578. The van der Waals surface area contributed by atoms with Gasteiger partial charge in [0.25, 0.3) is 5.24 Å². The molecule has 110 valence electrons. The molecule has 1 amide bonds. The van der Waals surface area contributed by atoms with Crippen molar-refractivity contribution in [3.63, 3.8) is 0 Å². The Kier molecular flexibility index (Phi) is 5.88. The molecule has 2 rings (SSSR count). The molecular formula is C18H21NOS. The van der Waals surface area contributed by atoms with Gasteiger partial charge in [-0.05, 0) is 22.8 Å². The second-order valence-electron chi connectivity index (χ2n) is 4.91. The first kappa shape index (κ1) is 15.6. The number of thioether (sulfide) groups is 1. The molecular weight excluding hydrogens is 278 g/mol. The standard InChI is InChI=1S/C18H21NOS/c1-3-5-13-19-18(20)21-17(4-2)16-12-8-10-14-9-6-7-11-15(14)16/h4,6-12,17H,2-3,5,13H2,1H3,(H,19,20)/t17-/m0/s1. The lowest BCUT2D eigenvalue weighted by Gasteiger charge is -2.15. The number of fused-ring (bicyclic) bond motifs is 1. The molecule has 0 aliphatic heterocycles. The molecule has 0 saturated carbocycles. The van der Waals surface area contributed by atoms with Crippen molar-refractivity contribution in [2.45, 2.75) is 25.0 Å². The molecule has 3 heteroatoms. The number of hydrogen-bond acceptors (Lipinski definition) is 2. The summed E-state index contributed by atoms with van der Waals surface area (Å²) in [6.07, 6.45) is 3.93. The molecule has 1 N–H and O–H groups in total. The van der Waals surface area contributed by atoms with Gasteiger partial charge in [-0.25, -0.2) is 0 Å². The summed E-state index contributed by atoms with van der Waals surface area (Å²) < 4.78 is 0. The van der Waals surface area contributed by atoms with Gasteiger partial charge in [0.1, 0.15) is 0 Å². The maximum absolute atomic E-state index is 12.0. The van der Waals surface area contributed by atoms with Crippen LogP contribution in [0.1, 0.15) is 30.6 Å². The van der Waals surface area contributed by atoms with Crippen LogP contribution in [0.5, 0.6) is 0 Å². The first-order valence-corrected chi connectivity index (χ1v) is 8.19. The molecule has 0 heterocycles. The summed E-state index contributed by atoms with van der Waals surface area (Å²) in [5, 5.41) is 5.30. The fourth-order valence-electron chi connectivity index (χ4n) is 2.26. The Balaban J connectivity index is 2.16. The maximum atomic E-state index is 12.0. The molecule has 2 aromatic carbocycles. The fraction of sp³-hybridized carbons (Fsp3) is 0.278. The third kappa shape index (κ3) is 4.11. The van der Waals surface area contributed by atoms with E-state index in [0.29, 0.717) is 0 Å². The van der Waals surface area contributed by atoms with E-state index in [4.69, 9.17) is 0 Å². The molecule has 0 bridgehead atoms. The molecule has 0 radical (unpaired) electrons. The highest BCUT2D eigenvalue weighted by molar-refractivity contribution is 8.13. The Hall–Kier alpha value is -1.74. The van der Waals surface area contributed by atoms with E-state index in [9.17, 15) is 4.79 Å². The van der Waals surface area contributed by atoms with Crippen LogP contribution in [0, 0.1) is 0 Å². The molecule has 0 spiro atoms. The number of unbranched alkanes of at least 4 members (excludes halogenated alkanes) is 1. The summed E-state index contributed by atoms with van der Waals surface area (Å²) in [7, 11) is 0. The minimum atomic E-state index is -0.0299. The SMILES string of the molecule is C=C[C@H](SC(=O)NCCCC)c1cccc2ccccc12. The van der Waals surface area contributed by atoms with Crippen LogP contribution in [0.3, 0.4) is 0 Å². The van der Waals surface area contributed by atoms with Crippen molar-refractivity contribution in [3.05, 3.63) is 60.7 Å². The summed E-state index contributed by atoms with van der Waals surface area (Å²) in [4.78, 5) is 12.0. The van der Waals surface area contributed by atoms with Crippen LogP contribution in [0.4, 0.5) is 4.79 Å². The van der Waals surface area contributed by atoms with E-state index >= 15 is 0 Å². The van der Waals surface area contributed by atoms with Crippen molar-refractivity contribution in [1.29, 1.82) is 0 Å². The highest BCUT2D eigenvalue weighted by Gasteiger charge is 2.15. The van der Waals surface area contributed by atoms with Gasteiger partial charge in [0.2, 0.25) is 0 Å². The molecule has 21 heavy (non-hydrogen) atoms. The molecule has 2 nitrogen and oxygen atoms in total. The number of benzene rings is 2. The average molecular weight is 299 g/mol. The summed E-state index contributed by atoms with van der Waals surface area (Å²) in [6, 6.07) is 14.4. The maximum Gasteiger partial charge on any atom is 0.279 e. The minimum Gasteiger partial charge on any atom is -0.347 e. The average Bonchev–Trinajstić information content (AvgIpc) is 2.52. The van der Waals surface area contributed by atoms with E-state index in [1.807, 2.05) is 24.3 Å². The number of hydrogen-bond donors (Lipinski definition) is 1. The summed E-state index contributed by atoms with van der Waals surface area (Å²) in [5.41, 5.74) is 1.14. The van der Waals surface area contributed by atoms with E-state index in [1.165, 1.54) is 22.5 Å². The van der Waals surface area contributed by atoms with Crippen molar-refractivity contribution >= 4 is 27.8 Å². The van der Waals surface area contributed by atoms with E-state index in [2.05, 4.69) is 43.1 Å². The van der Waals surface area contributed by atoms with Crippen LogP contribution < -0.4 is 5.32 Å². The molecule has 2 aromatic rings. The monoisotopic (exact) mass is 299 g/mol. The Labute approximate surface area is 130 Å². The number of carbonyl (C=O) groups excluding carboxylic acids is 1. The van der Waals surface area contributed by atoms with Crippen LogP contribution in [0.2, 0.25) is 0 Å². The zero-order valence-corrected chi connectivity index (χ0v) is 13.2. The number of amides is 1. The summed E-state index contributed by atoms with van der Waals surface area (Å²) in [5.74, 6) is 0. The van der Waals surface area contributed by atoms with Gasteiger partial charge in [-0.1, -0.05) is 73.6 Å². The summed E-state index contributed by atoms with van der Waals surface area (Å²) >= 11 is 1.30. The summed E-state index contributed by atoms with van der Waals surface area (Å²) in [6.45, 7) is 6.74.